The number of carboxylic acids is 1. The topological polar surface area (TPSA) is 63.3 Å². The van der Waals surface area contributed by atoms with Crippen LogP contribution in [0.3, 0.4) is 0 Å². The van der Waals surface area contributed by atoms with Crippen LogP contribution in [0.15, 0.2) is 41.8 Å². The minimum atomic E-state index is -0.841. The molecular formula is C12H11NO2S. The number of aliphatic carboxylic acids is 1. The fourth-order valence-electron chi connectivity index (χ4n) is 1.57. The Morgan fingerprint density at radius 3 is 2.44 bits per heavy atom. The second kappa shape index (κ2) is 4.37. The zero-order chi connectivity index (χ0) is 11.5. The summed E-state index contributed by atoms with van der Waals surface area (Å²) in [5.74, 6) is -1.44. The third kappa shape index (κ3) is 2.06. The van der Waals surface area contributed by atoms with Crippen LogP contribution in [-0.4, -0.2) is 11.1 Å². The van der Waals surface area contributed by atoms with E-state index in [-0.39, 0.29) is 0 Å². The van der Waals surface area contributed by atoms with E-state index in [9.17, 15) is 9.90 Å². The summed E-state index contributed by atoms with van der Waals surface area (Å²) in [5, 5.41) is 11.1. The van der Waals surface area contributed by atoms with Gasteiger partial charge in [-0.2, -0.15) is 0 Å². The summed E-state index contributed by atoms with van der Waals surface area (Å²) in [6, 6.07) is 10.6. The number of nitrogen functional groups attached to an aromatic ring is 1. The van der Waals surface area contributed by atoms with Crippen LogP contribution in [0.4, 0.5) is 5.69 Å². The van der Waals surface area contributed by atoms with Gasteiger partial charge < -0.3 is 10.8 Å². The van der Waals surface area contributed by atoms with Crippen LogP contribution in [-0.2, 0) is 4.79 Å². The number of anilines is 1. The molecule has 0 fully saturated rings. The van der Waals surface area contributed by atoms with Gasteiger partial charge in [-0.15, -0.1) is 11.3 Å². The molecule has 1 atom stereocenters. The molecule has 0 saturated carbocycles. The van der Waals surface area contributed by atoms with Crippen molar-refractivity contribution in [3.8, 4) is 0 Å². The van der Waals surface area contributed by atoms with E-state index in [1.54, 1.807) is 24.3 Å². The second-order valence-corrected chi connectivity index (χ2v) is 4.43. The average molecular weight is 233 g/mol. The maximum atomic E-state index is 11.3. The molecule has 0 amide bonds. The number of rotatable bonds is 3. The Bertz CT molecular complexity index is 476. The molecule has 1 aromatic carbocycles. The maximum absolute atomic E-state index is 11.3. The Kier molecular flexibility index (Phi) is 2.92. The van der Waals surface area contributed by atoms with Crippen LogP contribution < -0.4 is 5.73 Å². The Hall–Kier alpha value is -1.81. The van der Waals surface area contributed by atoms with Crippen molar-refractivity contribution in [2.45, 2.75) is 5.92 Å². The molecule has 16 heavy (non-hydrogen) atoms. The molecule has 0 aliphatic carbocycles. The lowest BCUT2D eigenvalue weighted by Crippen LogP contribution is -2.11. The molecule has 2 aromatic rings. The van der Waals surface area contributed by atoms with Crippen LogP contribution in [0.1, 0.15) is 16.4 Å². The van der Waals surface area contributed by atoms with Crippen LogP contribution >= 0.6 is 11.3 Å². The molecule has 82 valence electrons. The minimum absolute atomic E-state index is 0.597. The van der Waals surface area contributed by atoms with E-state index in [4.69, 9.17) is 5.73 Å². The fraction of sp³-hybridized carbons (Fsp3) is 0.0833. The Morgan fingerprint density at radius 2 is 1.94 bits per heavy atom. The van der Waals surface area contributed by atoms with Crippen molar-refractivity contribution in [1.29, 1.82) is 0 Å². The standard InChI is InChI=1S/C12H11NO2S/c13-9-5-3-8(4-6-9)11(12(14)15)10-2-1-7-16-10/h1-7,11H,13H2,(H,14,15). The van der Waals surface area contributed by atoms with Crippen LogP contribution in [0.5, 0.6) is 0 Å². The number of carboxylic acid groups (broad SMARTS) is 1. The summed E-state index contributed by atoms with van der Waals surface area (Å²) in [6.07, 6.45) is 0. The largest absolute Gasteiger partial charge is 0.481 e. The van der Waals surface area contributed by atoms with Gasteiger partial charge in [0.05, 0.1) is 0 Å². The van der Waals surface area contributed by atoms with Gasteiger partial charge in [0.25, 0.3) is 0 Å². The second-order valence-electron chi connectivity index (χ2n) is 3.45. The molecule has 0 bridgehead atoms. The molecule has 1 aromatic heterocycles. The predicted molar refractivity (Wildman–Crippen MR) is 64.7 cm³/mol. The number of benzene rings is 1. The minimum Gasteiger partial charge on any atom is -0.481 e. The molecule has 0 spiro atoms. The van der Waals surface area contributed by atoms with Gasteiger partial charge in [-0.3, -0.25) is 4.79 Å². The van der Waals surface area contributed by atoms with Crippen LogP contribution in [0, 0.1) is 0 Å². The predicted octanol–water partition coefficient (Wildman–Crippen LogP) is 2.55. The Balaban J connectivity index is 2.41. The molecule has 1 unspecified atom stereocenters. The first-order valence-electron chi connectivity index (χ1n) is 4.80. The first kappa shape index (κ1) is 10.7. The third-order valence-corrected chi connectivity index (χ3v) is 3.28. The molecule has 1 heterocycles. The van der Waals surface area contributed by atoms with Crippen molar-refractivity contribution >= 4 is 23.0 Å². The lowest BCUT2D eigenvalue weighted by Gasteiger charge is -2.10. The fourth-order valence-corrected chi connectivity index (χ4v) is 2.42. The molecule has 0 aliphatic rings. The van der Waals surface area contributed by atoms with E-state index in [0.29, 0.717) is 5.69 Å². The molecule has 4 heteroatoms. The molecule has 2 rings (SSSR count). The highest BCUT2D eigenvalue weighted by molar-refractivity contribution is 7.10. The summed E-state index contributed by atoms with van der Waals surface area (Å²) in [7, 11) is 0. The summed E-state index contributed by atoms with van der Waals surface area (Å²) < 4.78 is 0. The lowest BCUT2D eigenvalue weighted by atomic mass is 9.97. The molecule has 0 radical (unpaired) electrons. The van der Waals surface area contributed by atoms with Crippen LogP contribution in [0.25, 0.3) is 0 Å². The molecule has 3 nitrogen and oxygen atoms in total. The van der Waals surface area contributed by atoms with E-state index in [1.807, 2.05) is 17.5 Å². The van der Waals surface area contributed by atoms with E-state index in [1.165, 1.54) is 11.3 Å². The van der Waals surface area contributed by atoms with Crippen molar-refractivity contribution < 1.29 is 9.90 Å². The van der Waals surface area contributed by atoms with Crippen molar-refractivity contribution in [3.05, 3.63) is 52.2 Å². The Labute approximate surface area is 97.2 Å². The van der Waals surface area contributed by atoms with Gasteiger partial charge in [0.2, 0.25) is 0 Å². The van der Waals surface area contributed by atoms with Gasteiger partial charge in [-0.05, 0) is 29.1 Å². The number of thiophene rings is 1. The van der Waals surface area contributed by atoms with Crippen LogP contribution in [0.2, 0.25) is 0 Å². The quantitative estimate of drug-likeness (QED) is 0.801. The molecule has 3 N–H and O–H groups in total. The van der Waals surface area contributed by atoms with Crippen molar-refractivity contribution in [1.82, 2.24) is 0 Å². The van der Waals surface area contributed by atoms with Gasteiger partial charge in [0.1, 0.15) is 5.92 Å². The zero-order valence-electron chi connectivity index (χ0n) is 8.46. The lowest BCUT2D eigenvalue weighted by molar-refractivity contribution is -0.137. The van der Waals surface area contributed by atoms with Crippen molar-refractivity contribution in [2.75, 3.05) is 5.73 Å². The van der Waals surface area contributed by atoms with Gasteiger partial charge in [-0.25, -0.2) is 0 Å². The summed E-state index contributed by atoms with van der Waals surface area (Å²) in [5.41, 5.74) is 6.97. The van der Waals surface area contributed by atoms with Crippen molar-refractivity contribution in [2.24, 2.45) is 0 Å². The highest BCUT2D eigenvalue weighted by atomic mass is 32.1. The summed E-state index contributed by atoms with van der Waals surface area (Å²) in [4.78, 5) is 12.1. The Morgan fingerprint density at radius 1 is 1.25 bits per heavy atom. The third-order valence-electron chi connectivity index (χ3n) is 2.34. The number of hydrogen-bond acceptors (Lipinski definition) is 3. The SMILES string of the molecule is Nc1ccc(C(C(=O)O)c2cccs2)cc1. The summed E-state index contributed by atoms with van der Waals surface area (Å²) >= 11 is 1.45. The maximum Gasteiger partial charge on any atom is 0.316 e. The highest BCUT2D eigenvalue weighted by Crippen LogP contribution is 2.28. The molecule has 0 saturated heterocycles. The van der Waals surface area contributed by atoms with E-state index in [2.05, 4.69) is 0 Å². The average Bonchev–Trinajstić information content (AvgIpc) is 2.74. The first-order valence-corrected chi connectivity index (χ1v) is 5.68. The van der Waals surface area contributed by atoms with Crippen molar-refractivity contribution in [3.63, 3.8) is 0 Å². The summed E-state index contributed by atoms with van der Waals surface area (Å²) in [6.45, 7) is 0. The normalized spacial score (nSPS) is 12.2. The van der Waals surface area contributed by atoms with Gasteiger partial charge in [0.15, 0.2) is 0 Å². The smallest absolute Gasteiger partial charge is 0.316 e. The van der Waals surface area contributed by atoms with Gasteiger partial charge in [0, 0.05) is 10.6 Å². The van der Waals surface area contributed by atoms with E-state index in [0.717, 1.165) is 10.4 Å². The molecule has 0 aliphatic heterocycles. The number of hydrogen-bond donors (Lipinski definition) is 2. The number of nitrogens with two attached hydrogens (primary N) is 1. The molecular weight excluding hydrogens is 222 g/mol. The first-order chi connectivity index (χ1) is 7.68. The monoisotopic (exact) mass is 233 g/mol. The van der Waals surface area contributed by atoms with Gasteiger partial charge >= 0.3 is 5.97 Å². The van der Waals surface area contributed by atoms with Gasteiger partial charge in [-0.1, -0.05) is 18.2 Å². The zero-order valence-corrected chi connectivity index (χ0v) is 9.28. The number of carbonyl (C=O) groups is 1. The highest BCUT2D eigenvalue weighted by Gasteiger charge is 2.22. The van der Waals surface area contributed by atoms with E-state index >= 15 is 0 Å². The van der Waals surface area contributed by atoms with E-state index < -0.39 is 11.9 Å².